The number of alkyl halides is 3. The van der Waals surface area contributed by atoms with Gasteiger partial charge in [-0.15, -0.1) is 0 Å². The van der Waals surface area contributed by atoms with Gasteiger partial charge in [0.25, 0.3) is 5.78 Å². The molecule has 3 atom stereocenters. The Morgan fingerprint density at radius 1 is 1.14 bits per heavy atom. The normalized spacial score (nSPS) is 24.9. The molecule has 6 nitrogen and oxygen atoms in total. The van der Waals surface area contributed by atoms with Crippen molar-refractivity contribution in [2.75, 3.05) is 4.90 Å². The van der Waals surface area contributed by atoms with Crippen molar-refractivity contribution in [3.8, 4) is 0 Å². The zero-order chi connectivity index (χ0) is 20.9. The maximum absolute atomic E-state index is 12.6. The third-order valence-electron chi connectivity index (χ3n) is 5.53. The van der Waals surface area contributed by atoms with Crippen LogP contribution >= 0.6 is 0 Å². The first kappa shape index (κ1) is 20.4. The summed E-state index contributed by atoms with van der Waals surface area (Å²) in [6.45, 7) is 5.61. The van der Waals surface area contributed by atoms with E-state index < -0.39 is 29.2 Å². The average molecular weight is 399 g/mol. The number of ketones is 1. The zero-order valence-corrected chi connectivity index (χ0v) is 16.0. The number of halogens is 3. The molecule has 1 aromatic rings. The van der Waals surface area contributed by atoms with Crippen LogP contribution in [0.1, 0.15) is 56.8 Å². The minimum atomic E-state index is -4.92. The monoisotopic (exact) mass is 399 g/mol. The molecule has 3 heterocycles. The van der Waals surface area contributed by atoms with E-state index in [9.17, 15) is 27.9 Å². The van der Waals surface area contributed by atoms with Gasteiger partial charge < -0.3 is 14.9 Å². The lowest BCUT2D eigenvalue weighted by Crippen LogP contribution is -2.57. The number of carbonyl (C=O) groups excluding carboxylic acids is 1. The minimum Gasteiger partial charge on any atom is -0.465 e. The van der Waals surface area contributed by atoms with Crippen LogP contribution in [0, 0.1) is 0 Å². The number of aromatic nitrogens is 1. The van der Waals surface area contributed by atoms with Crippen molar-refractivity contribution in [3.05, 3.63) is 23.9 Å². The van der Waals surface area contributed by atoms with Gasteiger partial charge in [0.2, 0.25) is 0 Å². The maximum atomic E-state index is 12.6. The number of amides is 1. The number of anilines is 1. The highest BCUT2D eigenvalue weighted by atomic mass is 19.4. The molecule has 2 aliphatic rings. The Kier molecular flexibility index (Phi) is 5.05. The number of carbonyl (C=O) groups is 2. The Bertz CT molecular complexity index is 744. The third kappa shape index (κ3) is 3.79. The fourth-order valence-electron chi connectivity index (χ4n) is 4.56. The Morgan fingerprint density at radius 2 is 1.71 bits per heavy atom. The van der Waals surface area contributed by atoms with Crippen LogP contribution in [-0.4, -0.2) is 56.7 Å². The predicted molar refractivity (Wildman–Crippen MR) is 96.6 cm³/mol. The molecule has 154 valence electrons. The molecule has 28 heavy (non-hydrogen) atoms. The molecule has 0 radical (unpaired) electrons. The lowest BCUT2D eigenvalue weighted by molar-refractivity contribution is -0.0885. The summed E-state index contributed by atoms with van der Waals surface area (Å²) in [5, 5.41) is 9.66. The molecule has 0 saturated carbocycles. The van der Waals surface area contributed by atoms with Crippen molar-refractivity contribution >= 4 is 17.7 Å². The highest BCUT2D eigenvalue weighted by Gasteiger charge is 2.46. The van der Waals surface area contributed by atoms with Gasteiger partial charge in [-0.05, 0) is 58.6 Å². The highest BCUT2D eigenvalue weighted by molar-refractivity contribution is 6.00. The van der Waals surface area contributed by atoms with Gasteiger partial charge in [-0.1, -0.05) is 0 Å². The average Bonchev–Trinajstić information content (AvgIpc) is 2.82. The molecule has 1 amide bonds. The van der Waals surface area contributed by atoms with Crippen molar-refractivity contribution in [3.63, 3.8) is 0 Å². The third-order valence-corrected chi connectivity index (χ3v) is 5.53. The van der Waals surface area contributed by atoms with Crippen molar-refractivity contribution in [1.82, 2.24) is 9.88 Å². The standard InChI is InChI=1S/C19H24F3N3O3/c1-18(2,3)25(17(27)28)14-8-12-5-6-13(9-14)24(12)15-7-4-11(10-23-15)16(26)19(20,21)22/h4,7,10,12-14H,5-6,8-9H2,1-3H3,(H,27,28)/t12-,13+,14+. The van der Waals surface area contributed by atoms with Crippen LogP contribution in [0.5, 0.6) is 0 Å². The van der Waals surface area contributed by atoms with Crippen LogP contribution in [0.25, 0.3) is 0 Å². The number of rotatable bonds is 3. The number of Topliss-reactive ketones (excluding diaryl/α,β-unsaturated/α-hetero) is 1. The molecule has 0 spiro atoms. The summed E-state index contributed by atoms with van der Waals surface area (Å²) in [6.07, 6.45) is -1.86. The van der Waals surface area contributed by atoms with E-state index in [2.05, 4.69) is 9.88 Å². The molecule has 0 unspecified atom stereocenters. The van der Waals surface area contributed by atoms with E-state index in [1.807, 2.05) is 20.8 Å². The molecule has 0 aliphatic carbocycles. The van der Waals surface area contributed by atoms with Gasteiger partial charge in [0.05, 0.1) is 0 Å². The number of fused-ring (bicyclic) bond motifs is 2. The van der Waals surface area contributed by atoms with Crippen molar-refractivity contribution in [2.45, 2.75) is 76.3 Å². The number of carboxylic acid groups (broad SMARTS) is 1. The SMILES string of the molecule is CC(C)(C)N(C(=O)O)[C@H]1C[C@H]2CC[C@@H](C1)N2c1ccc(C(=O)C(F)(F)F)cn1. The summed E-state index contributed by atoms with van der Waals surface area (Å²) in [4.78, 5) is 30.8. The van der Waals surface area contributed by atoms with Gasteiger partial charge in [-0.2, -0.15) is 13.2 Å². The molecular formula is C19H24F3N3O3. The second kappa shape index (κ2) is 6.93. The van der Waals surface area contributed by atoms with Gasteiger partial charge in [0.15, 0.2) is 0 Å². The summed E-state index contributed by atoms with van der Waals surface area (Å²) in [5.74, 6) is -1.38. The zero-order valence-electron chi connectivity index (χ0n) is 16.0. The first-order valence-corrected chi connectivity index (χ1v) is 9.27. The lowest BCUT2D eigenvalue weighted by Gasteiger charge is -2.47. The lowest BCUT2D eigenvalue weighted by atomic mass is 9.92. The fourth-order valence-corrected chi connectivity index (χ4v) is 4.56. The molecule has 2 aliphatic heterocycles. The van der Waals surface area contributed by atoms with E-state index in [1.165, 1.54) is 11.0 Å². The van der Waals surface area contributed by atoms with E-state index in [1.54, 1.807) is 0 Å². The predicted octanol–water partition coefficient (Wildman–Crippen LogP) is 4.10. The van der Waals surface area contributed by atoms with E-state index in [0.717, 1.165) is 25.1 Å². The highest BCUT2D eigenvalue weighted by Crippen LogP contribution is 2.41. The van der Waals surface area contributed by atoms with Crippen LogP contribution in [0.2, 0.25) is 0 Å². The van der Waals surface area contributed by atoms with Crippen LogP contribution < -0.4 is 4.90 Å². The van der Waals surface area contributed by atoms with E-state index in [-0.39, 0.29) is 18.1 Å². The summed E-state index contributed by atoms with van der Waals surface area (Å²) in [7, 11) is 0. The summed E-state index contributed by atoms with van der Waals surface area (Å²) in [5.41, 5.74) is -1.00. The number of nitrogens with zero attached hydrogens (tertiary/aromatic N) is 3. The molecule has 1 aromatic heterocycles. The smallest absolute Gasteiger partial charge is 0.454 e. The molecule has 2 saturated heterocycles. The molecule has 2 bridgehead atoms. The summed E-state index contributed by atoms with van der Waals surface area (Å²) < 4.78 is 37.7. The summed E-state index contributed by atoms with van der Waals surface area (Å²) >= 11 is 0. The first-order valence-electron chi connectivity index (χ1n) is 9.27. The molecule has 0 aromatic carbocycles. The number of pyridine rings is 1. The quantitative estimate of drug-likeness (QED) is 0.775. The number of hydrogen-bond acceptors (Lipinski definition) is 4. The van der Waals surface area contributed by atoms with Crippen molar-refractivity contribution in [2.24, 2.45) is 0 Å². The number of piperidine rings is 1. The van der Waals surface area contributed by atoms with Crippen LogP contribution in [-0.2, 0) is 0 Å². The Hall–Kier alpha value is -2.32. The van der Waals surface area contributed by atoms with Crippen molar-refractivity contribution in [1.29, 1.82) is 0 Å². The van der Waals surface area contributed by atoms with Crippen LogP contribution in [0.4, 0.5) is 23.8 Å². The first-order chi connectivity index (χ1) is 12.9. The van der Waals surface area contributed by atoms with E-state index in [0.29, 0.717) is 18.7 Å². The second-order valence-corrected chi connectivity index (χ2v) is 8.47. The fraction of sp³-hybridized carbons (Fsp3) is 0.632. The van der Waals surface area contributed by atoms with Crippen LogP contribution in [0.3, 0.4) is 0 Å². The molecule has 2 fully saturated rings. The van der Waals surface area contributed by atoms with Gasteiger partial charge in [0.1, 0.15) is 5.82 Å². The van der Waals surface area contributed by atoms with Gasteiger partial charge in [-0.3, -0.25) is 4.79 Å². The van der Waals surface area contributed by atoms with Crippen LogP contribution in [0.15, 0.2) is 18.3 Å². The Morgan fingerprint density at radius 3 is 2.11 bits per heavy atom. The molecule has 1 N–H and O–H groups in total. The molecule has 3 rings (SSSR count). The largest absolute Gasteiger partial charge is 0.465 e. The van der Waals surface area contributed by atoms with Gasteiger partial charge in [0, 0.05) is 35.4 Å². The van der Waals surface area contributed by atoms with E-state index >= 15 is 0 Å². The molecule has 9 heteroatoms. The maximum Gasteiger partial charge on any atom is 0.454 e. The number of hydrogen-bond donors (Lipinski definition) is 1. The Labute approximate surface area is 161 Å². The topological polar surface area (TPSA) is 73.7 Å². The second-order valence-electron chi connectivity index (χ2n) is 8.47. The molecular weight excluding hydrogens is 375 g/mol. The van der Waals surface area contributed by atoms with Gasteiger partial charge in [-0.25, -0.2) is 9.78 Å². The Balaban J connectivity index is 1.78. The summed E-state index contributed by atoms with van der Waals surface area (Å²) in [6, 6.07) is 2.64. The van der Waals surface area contributed by atoms with Crippen molar-refractivity contribution < 1.29 is 27.9 Å². The van der Waals surface area contributed by atoms with E-state index in [4.69, 9.17) is 0 Å². The van der Waals surface area contributed by atoms with Gasteiger partial charge >= 0.3 is 12.3 Å². The minimum absolute atomic E-state index is 0.0737.